The molecule has 2 N–H and O–H groups in total. The lowest BCUT2D eigenvalue weighted by atomic mass is 9.89. The highest BCUT2D eigenvalue weighted by atomic mass is 16.7. The molecule has 1 saturated carbocycles. The van der Waals surface area contributed by atoms with E-state index in [0.29, 0.717) is 38.9 Å². The molecular weight excluding hydrogens is 396 g/mol. The highest BCUT2D eigenvalue weighted by molar-refractivity contribution is 5.84. The van der Waals surface area contributed by atoms with Gasteiger partial charge in [0.15, 0.2) is 5.79 Å². The van der Waals surface area contributed by atoms with Crippen LogP contribution >= 0.6 is 0 Å². The number of carboxylic acids is 1. The van der Waals surface area contributed by atoms with Gasteiger partial charge in [0, 0.05) is 31.1 Å². The number of ketones is 1. The quantitative estimate of drug-likeness (QED) is 0.413. The molecule has 1 aromatic rings. The standard InChI is InChI=1S/C25H32O6/c26-22-18-23(27)21(20(22)10-6-1-2-7-11-24(28)29)13-15-25(30-16-17-31-25)14-12-19-8-4-3-5-9-19/h1,3-6,8-9,13,15,20-21,23,27H,2,7,10-12,14,16-18H2,(H,28,29)/b6-1-,15-13+/t20-,21-,23-/m1/s1. The van der Waals surface area contributed by atoms with Crippen LogP contribution in [0.1, 0.15) is 44.1 Å². The highest BCUT2D eigenvalue weighted by Crippen LogP contribution is 2.35. The third kappa shape index (κ3) is 6.86. The molecule has 3 atom stereocenters. The third-order valence-electron chi connectivity index (χ3n) is 6.00. The summed E-state index contributed by atoms with van der Waals surface area (Å²) in [6, 6.07) is 10.2. The predicted octanol–water partition coefficient (Wildman–Crippen LogP) is 3.69. The Morgan fingerprint density at radius 2 is 1.90 bits per heavy atom. The van der Waals surface area contributed by atoms with Gasteiger partial charge < -0.3 is 19.7 Å². The molecule has 1 aromatic carbocycles. The van der Waals surface area contributed by atoms with Gasteiger partial charge in [-0.3, -0.25) is 9.59 Å². The molecule has 168 valence electrons. The minimum absolute atomic E-state index is 0.0592. The van der Waals surface area contributed by atoms with Crippen LogP contribution in [0.5, 0.6) is 0 Å². The van der Waals surface area contributed by atoms with Crippen molar-refractivity contribution in [3.05, 3.63) is 60.2 Å². The second-order valence-corrected chi connectivity index (χ2v) is 8.27. The van der Waals surface area contributed by atoms with Gasteiger partial charge in [-0.2, -0.15) is 0 Å². The van der Waals surface area contributed by atoms with Crippen molar-refractivity contribution < 1.29 is 29.3 Å². The van der Waals surface area contributed by atoms with Crippen molar-refractivity contribution in [2.24, 2.45) is 11.8 Å². The maximum absolute atomic E-state index is 12.4. The van der Waals surface area contributed by atoms with E-state index in [0.717, 1.165) is 6.42 Å². The van der Waals surface area contributed by atoms with Gasteiger partial charge in [-0.1, -0.05) is 48.6 Å². The molecule has 1 saturated heterocycles. The maximum Gasteiger partial charge on any atom is 0.303 e. The molecule has 1 aliphatic heterocycles. The Balaban J connectivity index is 1.60. The van der Waals surface area contributed by atoms with Crippen LogP contribution in [0.15, 0.2) is 54.6 Å². The summed E-state index contributed by atoms with van der Waals surface area (Å²) in [5.74, 6) is -2.13. The Labute approximate surface area is 183 Å². The molecular formula is C25H32O6. The van der Waals surface area contributed by atoms with Crippen LogP contribution in [-0.2, 0) is 25.5 Å². The number of carbonyl (C=O) groups excluding carboxylic acids is 1. The first kappa shape index (κ1) is 23.4. The topological polar surface area (TPSA) is 93.1 Å². The van der Waals surface area contributed by atoms with Crippen molar-refractivity contribution in [3.8, 4) is 0 Å². The number of Topliss-reactive ketones (excluding diaryl/α,β-unsaturated/α-hetero) is 1. The SMILES string of the molecule is O=C(O)CCC/C=C\C[C@H]1C(=O)C[C@@H](O)[C@@H]1/C=C/C1(CCc2ccccc2)OCCO1. The number of aliphatic carboxylic acids is 1. The van der Waals surface area contributed by atoms with Crippen molar-refractivity contribution in [3.63, 3.8) is 0 Å². The van der Waals surface area contributed by atoms with E-state index >= 15 is 0 Å². The molecule has 0 spiro atoms. The number of benzene rings is 1. The van der Waals surface area contributed by atoms with E-state index in [1.165, 1.54) is 5.56 Å². The van der Waals surface area contributed by atoms with Gasteiger partial charge >= 0.3 is 5.97 Å². The fourth-order valence-electron chi connectivity index (χ4n) is 4.27. The van der Waals surface area contributed by atoms with Gasteiger partial charge in [-0.25, -0.2) is 0 Å². The molecule has 0 radical (unpaired) electrons. The number of aliphatic hydroxyl groups is 1. The number of unbranched alkanes of at least 4 members (excludes halogenated alkanes) is 1. The molecule has 0 aromatic heterocycles. The summed E-state index contributed by atoms with van der Waals surface area (Å²) in [5.41, 5.74) is 1.20. The summed E-state index contributed by atoms with van der Waals surface area (Å²) in [6.07, 6.45) is 10.5. The van der Waals surface area contributed by atoms with Crippen LogP contribution in [0, 0.1) is 11.8 Å². The Morgan fingerprint density at radius 3 is 2.61 bits per heavy atom. The van der Waals surface area contributed by atoms with Crippen molar-refractivity contribution in [1.82, 2.24) is 0 Å². The zero-order valence-electron chi connectivity index (χ0n) is 17.8. The van der Waals surface area contributed by atoms with E-state index in [2.05, 4.69) is 12.1 Å². The number of rotatable bonds is 11. The monoisotopic (exact) mass is 428 g/mol. The summed E-state index contributed by atoms with van der Waals surface area (Å²) in [7, 11) is 0. The number of aliphatic hydroxyl groups excluding tert-OH is 1. The Morgan fingerprint density at radius 1 is 1.16 bits per heavy atom. The Kier molecular flexibility index (Phi) is 8.58. The minimum Gasteiger partial charge on any atom is -0.481 e. The van der Waals surface area contributed by atoms with Crippen molar-refractivity contribution >= 4 is 11.8 Å². The van der Waals surface area contributed by atoms with Crippen molar-refractivity contribution in [2.75, 3.05) is 13.2 Å². The summed E-state index contributed by atoms with van der Waals surface area (Å²) >= 11 is 0. The molecule has 2 aliphatic rings. The van der Waals surface area contributed by atoms with E-state index in [9.17, 15) is 14.7 Å². The normalized spacial score (nSPS) is 25.7. The largest absolute Gasteiger partial charge is 0.481 e. The number of hydrogen-bond donors (Lipinski definition) is 2. The molecule has 0 bridgehead atoms. The second kappa shape index (κ2) is 11.4. The zero-order chi connectivity index (χ0) is 22.1. The molecule has 2 fully saturated rings. The van der Waals surface area contributed by atoms with E-state index in [1.807, 2.05) is 42.5 Å². The van der Waals surface area contributed by atoms with Crippen LogP contribution in [0.4, 0.5) is 0 Å². The van der Waals surface area contributed by atoms with E-state index < -0.39 is 17.9 Å². The van der Waals surface area contributed by atoms with Gasteiger partial charge in [0.1, 0.15) is 5.78 Å². The molecule has 31 heavy (non-hydrogen) atoms. The average Bonchev–Trinajstić information content (AvgIpc) is 3.32. The van der Waals surface area contributed by atoms with E-state index in [-0.39, 0.29) is 30.5 Å². The lowest BCUT2D eigenvalue weighted by Crippen LogP contribution is -2.29. The van der Waals surface area contributed by atoms with Crippen LogP contribution in [0.2, 0.25) is 0 Å². The summed E-state index contributed by atoms with van der Waals surface area (Å²) in [6.45, 7) is 1.04. The maximum atomic E-state index is 12.4. The van der Waals surface area contributed by atoms with Gasteiger partial charge in [0.05, 0.1) is 19.3 Å². The lowest BCUT2D eigenvalue weighted by Gasteiger charge is -2.25. The Hall–Kier alpha value is -2.28. The molecule has 0 unspecified atom stereocenters. The van der Waals surface area contributed by atoms with E-state index in [4.69, 9.17) is 14.6 Å². The Bertz CT molecular complexity index is 778. The number of allylic oxidation sites excluding steroid dienone is 2. The molecule has 0 amide bonds. The van der Waals surface area contributed by atoms with Gasteiger partial charge in [0.25, 0.3) is 0 Å². The smallest absolute Gasteiger partial charge is 0.303 e. The van der Waals surface area contributed by atoms with Crippen molar-refractivity contribution in [1.29, 1.82) is 0 Å². The van der Waals surface area contributed by atoms with E-state index in [1.54, 1.807) is 0 Å². The van der Waals surface area contributed by atoms with Crippen LogP contribution in [0.3, 0.4) is 0 Å². The average molecular weight is 429 g/mol. The predicted molar refractivity (Wildman–Crippen MR) is 116 cm³/mol. The van der Waals surface area contributed by atoms with Gasteiger partial charge in [-0.05, 0) is 37.3 Å². The first-order valence-electron chi connectivity index (χ1n) is 11.1. The second-order valence-electron chi connectivity index (χ2n) is 8.27. The lowest BCUT2D eigenvalue weighted by molar-refractivity contribution is -0.137. The number of hydrogen-bond acceptors (Lipinski definition) is 5. The molecule has 6 nitrogen and oxygen atoms in total. The fourth-order valence-corrected chi connectivity index (χ4v) is 4.27. The molecule has 1 aliphatic carbocycles. The fraction of sp³-hybridized carbons (Fsp3) is 0.520. The zero-order valence-corrected chi connectivity index (χ0v) is 17.8. The molecule has 3 rings (SSSR count). The first-order valence-corrected chi connectivity index (χ1v) is 11.1. The summed E-state index contributed by atoms with van der Waals surface area (Å²) in [5, 5.41) is 19.1. The minimum atomic E-state index is -0.821. The number of carboxylic acid groups (broad SMARTS) is 1. The summed E-state index contributed by atoms with van der Waals surface area (Å²) < 4.78 is 11.9. The van der Waals surface area contributed by atoms with Gasteiger partial charge in [-0.15, -0.1) is 0 Å². The number of aryl methyl sites for hydroxylation is 1. The highest BCUT2D eigenvalue weighted by Gasteiger charge is 2.41. The molecule has 6 heteroatoms. The number of carbonyl (C=O) groups is 2. The van der Waals surface area contributed by atoms with Crippen molar-refractivity contribution in [2.45, 2.75) is 56.8 Å². The summed E-state index contributed by atoms with van der Waals surface area (Å²) in [4.78, 5) is 23.0. The number of ether oxygens (including phenoxy) is 2. The van der Waals surface area contributed by atoms with Gasteiger partial charge in [0.2, 0.25) is 0 Å². The van der Waals surface area contributed by atoms with Crippen LogP contribution in [-0.4, -0.2) is 47.1 Å². The van der Waals surface area contributed by atoms with Crippen LogP contribution in [0.25, 0.3) is 0 Å². The van der Waals surface area contributed by atoms with Crippen LogP contribution < -0.4 is 0 Å². The molecule has 1 heterocycles. The first-order chi connectivity index (χ1) is 15.0. The third-order valence-corrected chi connectivity index (χ3v) is 6.00.